The zero-order valence-electron chi connectivity index (χ0n) is 9.94. The predicted molar refractivity (Wildman–Crippen MR) is 74.4 cm³/mol. The molecule has 0 aliphatic carbocycles. The minimum absolute atomic E-state index is 0.0366. The van der Waals surface area contributed by atoms with Crippen molar-refractivity contribution in [3.05, 3.63) is 68.4 Å². The van der Waals surface area contributed by atoms with Crippen molar-refractivity contribution in [1.82, 2.24) is 4.98 Å². The van der Waals surface area contributed by atoms with Gasteiger partial charge in [-0.05, 0) is 36.4 Å². The maximum absolute atomic E-state index is 13.8. The molecule has 1 aromatic heterocycles. The van der Waals surface area contributed by atoms with Gasteiger partial charge >= 0.3 is 5.76 Å². The van der Waals surface area contributed by atoms with E-state index in [-0.39, 0.29) is 16.7 Å². The van der Waals surface area contributed by atoms with Crippen molar-refractivity contribution in [1.29, 1.82) is 0 Å². The minimum Gasteiger partial charge on any atom is -0.408 e. The third-order valence-corrected chi connectivity index (χ3v) is 3.35. The largest absolute Gasteiger partial charge is 0.417 e. The van der Waals surface area contributed by atoms with Crippen molar-refractivity contribution in [2.24, 2.45) is 0 Å². The van der Waals surface area contributed by atoms with E-state index in [1.807, 2.05) is 0 Å². The number of hydrogen-bond donors (Lipinski definition) is 1. The van der Waals surface area contributed by atoms with Crippen molar-refractivity contribution in [2.75, 3.05) is 0 Å². The van der Waals surface area contributed by atoms with Gasteiger partial charge in [-0.1, -0.05) is 15.9 Å². The molecule has 3 aromatic rings. The first kappa shape index (κ1) is 12.8. The normalized spacial score (nSPS) is 10.9. The highest BCUT2D eigenvalue weighted by molar-refractivity contribution is 9.10. The zero-order chi connectivity index (χ0) is 14.3. The molecule has 1 N–H and O–H groups in total. The van der Waals surface area contributed by atoms with Crippen LogP contribution in [-0.2, 0) is 0 Å². The number of aromatic amines is 1. The van der Waals surface area contributed by atoms with Crippen molar-refractivity contribution in [2.45, 2.75) is 0 Å². The highest BCUT2D eigenvalue weighted by Gasteiger charge is 2.15. The van der Waals surface area contributed by atoms with Crippen LogP contribution in [0, 0.1) is 5.82 Å². The first-order chi connectivity index (χ1) is 9.54. The number of fused-ring (bicyclic) bond motifs is 1. The first-order valence-corrected chi connectivity index (χ1v) is 6.46. The second kappa shape index (κ2) is 4.72. The highest BCUT2D eigenvalue weighted by atomic mass is 79.9. The molecule has 0 unspecified atom stereocenters. The summed E-state index contributed by atoms with van der Waals surface area (Å²) in [6, 6.07) is 8.69. The molecule has 20 heavy (non-hydrogen) atoms. The van der Waals surface area contributed by atoms with Crippen molar-refractivity contribution in [3.63, 3.8) is 0 Å². The molecule has 3 rings (SSSR count). The molecule has 0 saturated heterocycles. The van der Waals surface area contributed by atoms with Gasteiger partial charge in [-0.2, -0.15) is 0 Å². The molecular weight excluding hydrogens is 329 g/mol. The maximum Gasteiger partial charge on any atom is 0.417 e. The number of ketones is 1. The van der Waals surface area contributed by atoms with E-state index in [1.54, 1.807) is 12.1 Å². The number of carbonyl (C=O) groups is 1. The molecular formula is C14H7BrFNO3. The highest BCUT2D eigenvalue weighted by Crippen LogP contribution is 2.20. The van der Waals surface area contributed by atoms with E-state index in [2.05, 4.69) is 20.9 Å². The summed E-state index contributed by atoms with van der Waals surface area (Å²) in [5, 5.41) is 0. The zero-order valence-corrected chi connectivity index (χ0v) is 11.5. The molecule has 0 bridgehead atoms. The van der Waals surface area contributed by atoms with E-state index in [0.29, 0.717) is 9.99 Å². The van der Waals surface area contributed by atoms with Gasteiger partial charge in [-0.3, -0.25) is 9.78 Å². The SMILES string of the molecule is O=C(c1ccc2[nH]c(=O)oc2c1)c1ccc(Br)cc1F. The Kier molecular flexibility index (Phi) is 3.02. The molecule has 1 heterocycles. The van der Waals surface area contributed by atoms with Crippen molar-refractivity contribution >= 4 is 32.8 Å². The fraction of sp³-hybridized carbons (Fsp3) is 0. The summed E-state index contributed by atoms with van der Waals surface area (Å²) in [4.78, 5) is 25.8. The summed E-state index contributed by atoms with van der Waals surface area (Å²) in [7, 11) is 0. The molecule has 0 atom stereocenters. The summed E-state index contributed by atoms with van der Waals surface area (Å²) in [6.45, 7) is 0. The number of benzene rings is 2. The Morgan fingerprint density at radius 2 is 2.00 bits per heavy atom. The number of oxazole rings is 1. The lowest BCUT2D eigenvalue weighted by atomic mass is 10.0. The Bertz CT molecular complexity index is 882. The van der Waals surface area contributed by atoms with Crippen LogP contribution >= 0.6 is 15.9 Å². The quantitative estimate of drug-likeness (QED) is 0.731. The van der Waals surface area contributed by atoms with Crippen LogP contribution in [0.15, 0.2) is 50.1 Å². The summed E-state index contributed by atoms with van der Waals surface area (Å²) in [6.07, 6.45) is 0. The molecule has 0 fully saturated rings. The van der Waals surface area contributed by atoms with Gasteiger partial charge in [0, 0.05) is 10.0 Å². The van der Waals surface area contributed by atoms with Crippen LogP contribution in [0.3, 0.4) is 0 Å². The molecule has 0 saturated carbocycles. The number of hydrogen-bond acceptors (Lipinski definition) is 3. The Morgan fingerprint density at radius 1 is 1.20 bits per heavy atom. The Hall–Kier alpha value is -2.21. The fourth-order valence-corrected chi connectivity index (χ4v) is 2.25. The third-order valence-electron chi connectivity index (χ3n) is 2.86. The Balaban J connectivity index is 2.09. The maximum atomic E-state index is 13.8. The van der Waals surface area contributed by atoms with E-state index in [9.17, 15) is 14.0 Å². The van der Waals surface area contributed by atoms with Crippen LogP contribution in [-0.4, -0.2) is 10.8 Å². The smallest absolute Gasteiger partial charge is 0.408 e. The summed E-state index contributed by atoms with van der Waals surface area (Å²) < 4.78 is 19.2. The standard InChI is InChI=1S/C14H7BrFNO3/c15-8-2-3-9(10(16)6-8)13(18)7-1-4-11-12(5-7)20-14(19)17-11/h1-6H,(H,17,19). The summed E-state index contributed by atoms with van der Waals surface area (Å²) in [5.41, 5.74) is 0.966. The van der Waals surface area contributed by atoms with Crippen LogP contribution < -0.4 is 5.76 Å². The van der Waals surface area contributed by atoms with E-state index < -0.39 is 17.4 Å². The first-order valence-electron chi connectivity index (χ1n) is 5.67. The molecule has 0 amide bonds. The van der Waals surface area contributed by atoms with Gasteiger partial charge < -0.3 is 4.42 Å². The second-order valence-electron chi connectivity index (χ2n) is 4.18. The Morgan fingerprint density at radius 3 is 2.75 bits per heavy atom. The van der Waals surface area contributed by atoms with E-state index in [4.69, 9.17) is 4.42 Å². The van der Waals surface area contributed by atoms with Gasteiger partial charge in [0.05, 0.1) is 11.1 Å². The average Bonchev–Trinajstić information content (AvgIpc) is 2.77. The van der Waals surface area contributed by atoms with Crippen LogP contribution in [0.1, 0.15) is 15.9 Å². The fourth-order valence-electron chi connectivity index (χ4n) is 1.92. The molecule has 0 aliphatic rings. The van der Waals surface area contributed by atoms with Crippen molar-refractivity contribution < 1.29 is 13.6 Å². The third kappa shape index (κ3) is 2.18. The molecule has 0 spiro atoms. The van der Waals surface area contributed by atoms with Crippen LogP contribution in [0.5, 0.6) is 0 Å². The van der Waals surface area contributed by atoms with Gasteiger partial charge in [0.2, 0.25) is 0 Å². The van der Waals surface area contributed by atoms with E-state index >= 15 is 0 Å². The monoisotopic (exact) mass is 335 g/mol. The van der Waals surface area contributed by atoms with Gasteiger partial charge in [-0.25, -0.2) is 9.18 Å². The molecule has 4 nitrogen and oxygen atoms in total. The summed E-state index contributed by atoms with van der Waals surface area (Å²) >= 11 is 3.13. The average molecular weight is 336 g/mol. The molecule has 6 heteroatoms. The number of halogens is 2. The van der Waals surface area contributed by atoms with Crippen molar-refractivity contribution in [3.8, 4) is 0 Å². The van der Waals surface area contributed by atoms with Crippen LogP contribution in [0.2, 0.25) is 0 Å². The van der Waals surface area contributed by atoms with Gasteiger partial charge in [-0.15, -0.1) is 0 Å². The van der Waals surface area contributed by atoms with Gasteiger partial charge in [0.15, 0.2) is 11.4 Å². The number of carbonyl (C=O) groups excluding carboxylic acids is 1. The molecule has 2 aromatic carbocycles. The van der Waals surface area contributed by atoms with Gasteiger partial charge in [0.25, 0.3) is 0 Å². The lowest BCUT2D eigenvalue weighted by molar-refractivity contribution is 0.103. The molecule has 100 valence electrons. The number of rotatable bonds is 2. The van der Waals surface area contributed by atoms with Crippen LogP contribution in [0.4, 0.5) is 4.39 Å². The second-order valence-corrected chi connectivity index (χ2v) is 5.09. The number of aromatic nitrogens is 1. The minimum atomic E-state index is -0.611. The number of H-pyrrole nitrogens is 1. The summed E-state index contributed by atoms with van der Waals surface area (Å²) in [5.74, 6) is -1.68. The molecule has 0 radical (unpaired) electrons. The lowest BCUT2D eigenvalue weighted by Crippen LogP contribution is -2.04. The van der Waals surface area contributed by atoms with E-state index in [1.165, 1.54) is 24.3 Å². The van der Waals surface area contributed by atoms with Gasteiger partial charge in [0.1, 0.15) is 5.82 Å². The number of nitrogens with one attached hydrogen (secondary N) is 1. The topological polar surface area (TPSA) is 63.1 Å². The molecule has 0 aliphatic heterocycles. The van der Waals surface area contributed by atoms with E-state index in [0.717, 1.165) is 0 Å². The lowest BCUT2D eigenvalue weighted by Gasteiger charge is -2.03. The Labute approximate surface area is 120 Å². The van der Waals surface area contributed by atoms with Crippen LogP contribution in [0.25, 0.3) is 11.1 Å². The predicted octanol–water partition coefficient (Wildman–Crippen LogP) is 3.25.